The second kappa shape index (κ2) is 5.84. The Bertz CT molecular complexity index is 260. The van der Waals surface area contributed by atoms with E-state index in [1.165, 1.54) is 6.92 Å². The molecule has 16 heavy (non-hydrogen) atoms. The molecular weight excluding hydrogens is 206 g/mol. The Morgan fingerprint density at radius 3 is 2.56 bits per heavy atom. The number of piperidine rings is 1. The first-order valence-electron chi connectivity index (χ1n) is 5.78. The Balaban J connectivity index is 2.25. The SMILES string of the molecule is CC(=O)NCCNC(=O)C1(C)CCCNC1. The minimum absolute atomic E-state index is 0.0696. The molecule has 1 atom stereocenters. The molecule has 0 aromatic heterocycles. The van der Waals surface area contributed by atoms with Crippen LogP contribution in [-0.4, -0.2) is 38.0 Å². The molecule has 0 aliphatic carbocycles. The van der Waals surface area contributed by atoms with Crippen LogP contribution in [0.2, 0.25) is 0 Å². The van der Waals surface area contributed by atoms with Gasteiger partial charge in [-0.1, -0.05) is 0 Å². The monoisotopic (exact) mass is 227 g/mol. The highest BCUT2D eigenvalue weighted by Crippen LogP contribution is 2.25. The molecule has 0 bridgehead atoms. The van der Waals surface area contributed by atoms with Gasteiger partial charge in [0.1, 0.15) is 0 Å². The third-order valence-electron chi connectivity index (χ3n) is 2.93. The number of carbonyl (C=O) groups is 2. The summed E-state index contributed by atoms with van der Waals surface area (Å²) in [5.74, 6) is 0.00449. The fraction of sp³-hybridized carbons (Fsp3) is 0.818. The van der Waals surface area contributed by atoms with Gasteiger partial charge in [-0.2, -0.15) is 0 Å². The van der Waals surface area contributed by atoms with Crippen molar-refractivity contribution in [3.8, 4) is 0 Å². The molecule has 1 unspecified atom stereocenters. The highest BCUT2D eigenvalue weighted by Gasteiger charge is 2.34. The molecule has 1 rings (SSSR count). The number of hydrogen-bond donors (Lipinski definition) is 3. The molecule has 5 nitrogen and oxygen atoms in total. The molecule has 0 aromatic rings. The summed E-state index contributed by atoms with van der Waals surface area (Å²) < 4.78 is 0. The smallest absolute Gasteiger partial charge is 0.227 e. The quantitative estimate of drug-likeness (QED) is 0.574. The second-order valence-corrected chi connectivity index (χ2v) is 4.58. The van der Waals surface area contributed by atoms with Crippen molar-refractivity contribution in [3.63, 3.8) is 0 Å². The summed E-state index contributed by atoms with van der Waals surface area (Å²) in [7, 11) is 0. The van der Waals surface area contributed by atoms with E-state index < -0.39 is 0 Å². The van der Waals surface area contributed by atoms with Gasteiger partial charge < -0.3 is 16.0 Å². The van der Waals surface area contributed by atoms with E-state index in [2.05, 4.69) is 16.0 Å². The third-order valence-corrected chi connectivity index (χ3v) is 2.93. The van der Waals surface area contributed by atoms with E-state index in [1.807, 2.05) is 6.92 Å². The number of carbonyl (C=O) groups excluding carboxylic acids is 2. The Morgan fingerprint density at radius 2 is 2.00 bits per heavy atom. The van der Waals surface area contributed by atoms with E-state index in [1.54, 1.807) is 0 Å². The summed E-state index contributed by atoms with van der Waals surface area (Å²) in [4.78, 5) is 22.5. The maximum atomic E-state index is 11.9. The molecule has 0 saturated carbocycles. The van der Waals surface area contributed by atoms with Crippen LogP contribution in [0, 0.1) is 5.41 Å². The Kier molecular flexibility index (Phi) is 4.73. The van der Waals surface area contributed by atoms with Gasteiger partial charge in [-0.25, -0.2) is 0 Å². The van der Waals surface area contributed by atoms with E-state index in [9.17, 15) is 9.59 Å². The largest absolute Gasteiger partial charge is 0.355 e. The maximum Gasteiger partial charge on any atom is 0.227 e. The predicted molar refractivity (Wildman–Crippen MR) is 61.9 cm³/mol. The van der Waals surface area contributed by atoms with Crippen LogP contribution >= 0.6 is 0 Å². The summed E-state index contributed by atoms with van der Waals surface area (Å²) in [6, 6.07) is 0. The van der Waals surface area contributed by atoms with Crippen molar-refractivity contribution in [1.82, 2.24) is 16.0 Å². The first-order valence-corrected chi connectivity index (χ1v) is 5.78. The van der Waals surface area contributed by atoms with Gasteiger partial charge in [0.15, 0.2) is 0 Å². The fourth-order valence-corrected chi connectivity index (χ4v) is 1.88. The van der Waals surface area contributed by atoms with Crippen LogP contribution < -0.4 is 16.0 Å². The van der Waals surface area contributed by atoms with Crippen LogP contribution in [0.25, 0.3) is 0 Å². The van der Waals surface area contributed by atoms with Crippen molar-refractivity contribution in [2.45, 2.75) is 26.7 Å². The topological polar surface area (TPSA) is 70.2 Å². The Morgan fingerprint density at radius 1 is 1.31 bits per heavy atom. The molecule has 2 amide bonds. The molecule has 1 heterocycles. The summed E-state index contributed by atoms with van der Waals surface area (Å²) in [6.07, 6.45) is 1.96. The van der Waals surface area contributed by atoms with E-state index in [0.717, 1.165) is 25.9 Å². The summed E-state index contributed by atoms with van der Waals surface area (Å²) in [5.41, 5.74) is -0.297. The molecule has 5 heteroatoms. The predicted octanol–water partition coefficient (Wildman–Crippen LogP) is -0.372. The summed E-state index contributed by atoms with van der Waals surface area (Å²) in [6.45, 7) is 6.16. The normalized spacial score (nSPS) is 24.9. The average molecular weight is 227 g/mol. The maximum absolute atomic E-state index is 11.9. The molecule has 92 valence electrons. The zero-order valence-corrected chi connectivity index (χ0v) is 10.1. The molecule has 1 saturated heterocycles. The van der Waals surface area contributed by atoms with Gasteiger partial charge in [-0.05, 0) is 26.3 Å². The van der Waals surface area contributed by atoms with Crippen molar-refractivity contribution in [3.05, 3.63) is 0 Å². The fourth-order valence-electron chi connectivity index (χ4n) is 1.88. The van der Waals surface area contributed by atoms with Gasteiger partial charge in [-0.15, -0.1) is 0 Å². The van der Waals surface area contributed by atoms with E-state index in [4.69, 9.17) is 0 Å². The van der Waals surface area contributed by atoms with Crippen LogP contribution in [0.5, 0.6) is 0 Å². The van der Waals surface area contributed by atoms with Crippen molar-refractivity contribution < 1.29 is 9.59 Å². The first-order chi connectivity index (χ1) is 7.54. The lowest BCUT2D eigenvalue weighted by molar-refractivity contribution is -0.131. The van der Waals surface area contributed by atoms with E-state index >= 15 is 0 Å². The minimum Gasteiger partial charge on any atom is -0.355 e. The summed E-state index contributed by atoms with van der Waals surface area (Å²) >= 11 is 0. The van der Waals surface area contributed by atoms with E-state index in [-0.39, 0.29) is 17.2 Å². The van der Waals surface area contributed by atoms with Crippen molar-refractivity contribution >= 4 is 11.8 Å². The first kappa shape index (κ1) is 13.0. The molecule has 1 fully saturated rings. The number of rotatable bonds is 4. The van der Waals surface area contributed by atoms with Gasteiger partial charge in [0.05, 0.1) is 5.41 Å². The molecular formula is C11H21N3O2. The molecule has 0 aromatic carbocycles. The molecule has 0 spiro atoms. The lowest BCUT2D eigenvalue weighted by Gasteiger charge is -2.32. The van der Waals surface area contributed by atoms with Crippen LogP contribution in [0.3, 0.4) is 0 Å². The lowest BCUT2D eigenvalue weighted by Crippen LogP contribution is -2.49. The lowest BCUT2D eigenvalue weighted by atomic mass is 9.82. The van der Waals surface area contributed by atoms with Gasteiger partial charge in [0, 0.05) is 26.6 Å². The Labute approximate surface area is 96.4 Å². The number of hydrogen-bond acceptors (Lipinski definition) is 3. The highest BCUT2D eigenvalue weighted by atomic mass is 16.2. The van der Waals surface area contributed by atoms with Crippen LogP contribution in [-0.2, 0) is 9.59 Å². The molecule has 1 aliphatic rings. The third kappa shape index (κ3) is 3.81. The molecule has 1 aliphatic heterocycles. The molecule has 3 N–H and O–H groups in total. The average Bonchev–Trinajstić information content (AvgIpc) is 2.25. The van der Waals surface area contributed by atoms with Gasteiger partial charge in [-0.3, -0.25) is 9.59 Å². The zero-order chi connectivity index (χ0) is 12.0. The van der Waals surface area contributed by atoms with Crippen LogP contribution in [0.15, 0.2) is 0 Å². The number of amides is 2. The van der Waals surface area contributed by atoms with Crippen LogP contribution in [0.4, 0.5) is 0 Å². The standard InChI is InChI=1S/C11H21N3O2/c1-9(15)13-6-7-14-10(16)11(2)4-3-5-12-8-11/h12H,3-8H2,1-2H3,(H,13,15)(H,14,16). The second-order valence-electron chi connectivity index (χ2n) is 4.58. The van der Waals surface area contributed by atoms with Gasteiger partial charge in [0.25, 0.3) is 0 Å². The van der Waals surface area contributed by atoms with Crippen molar-refractivity contribution in [2.24, 2.45) is 5.41 Å². The van der Waals surface area contributed by atoms with Gasteiger partial charge >= 0.3 is 0 Å². The van der Waals surface area contributed by atoms with Gasteiger partial charge in [0.2, 0.25) is 11.8 Å². The number of nitrogens with one attached hydrogen (secondary N) is 3. The Hall–Kier alpha value is -1.10. The van der Waals surface area contributed by atoms with Crippen LogP contribution in [0.1, 0.15) is 26.7 Å². The van der Waals surface area contributed by atoms with Crippen molar-refractivity contribution in [1.29, 1.82) is 0 Å². The zero-order valence-electron chi connectivity index (χ0n) is 10.1. The highest BCUT2D eigenvalue weighted by molar-refractivity contribution is 5.82. The minimum atomic E-state index is -0.297. The van der Waals surface area contributed by atoms with E-state index in [0.29, 0.717) is 13.1 Å². The summed E-state index contributed by atoms with van der Waals surface area (Å²) in [5, 5.41) is 8.74. The molecule has 0 radical (unpaired) electrons. The van der Waals surface area contributed by atoms with Crippen molar-refractivity contribution in [2.75, 3.05) is 26.2 Å².